The smallest absolute Gasteiger partial charge is 0.410 e. The molecule has 0 N–H and O–H groups in total. The molecule has 136 valence electrons. The van der Waals surface area contributed by atoms with E-state index < -0.39 is 11.2 Å². The van der Waals surface area contributed by atoms with Crippen molar-refractivity contribution in [3.8, 4) is 11.5 Å². The number of carbonyl (C=O) groups is 2. The number of Topliss-reactive ketones (excluding diaryl/α,β-unsaturated/α-hetero) is 1. The molecular weight excluding hydrogens is 322 g/mol. The van der Waals surface area contributed by atoms with Gasteiger partial charge in [0, 0.05) is 6.54 Å². The van der Waals surface area contributed by atoms with Crippen LogP contribution in [0.1, 0.15) is 50.4 Å². The Morgan fingerprint density at radius 1 is 1.32 bits per heavy atom. The van der Waals surface area contributed by atoms with Gasteiger partial charge in [0.05, 0.1) is 25.6 Å². The number of benzene rings is 1. The average molecular weight is 347 g/mol. The Bertz CT molecular complexity index is 694. The van der Waals surface area contributed by atoms with E-state index in [1.54, 1.807) is 30.2 Å². The van der Waals surface area contributed by atoms with Gasteiger partial charge in [0.1, 0.15) is 22.7 Å². The van der Waals surface area contributed by atoms with Crippen LogP contribution >= 0.6 is 0 Å². The van der Waals surface area contributed by atoms with Gasteiger partial charge in [-0.2, -0.15) is 0 Å². The van der Waals surface area contributed by atoms with Gasteiger partial charge in [0.25, 0.3) is 0 Å². The molecule has 0 aliphatic carbocycles. The predicted molar refractivity (Wildman–Crippen MR) is 92.3 cm³/mol. The SMILES string of the molecule is COc1ccc2c(c1)C(=O)C[C@]1(CCCN(C(=O)OC(C)(C)C)C1)O2. The molecule has 0 unspecified atom stereocenters. The monoisotopic (exact) mass is 347 g/mol. The maximum atomic E-state index is 12.7. The van der Waals surface area contributed by atoms with Crippen LogP contribution in [0.5, 0.6) is 11.5 Å². The summed E-state index contributed by atoms with van der Waals surface area (Å²) in [5.41, 5.74) is -0.679. The molecule has 0 saturated carbocycles. The normalized spacial score (nSPS) is 23.0. The Balaban J connectivity index is 1.80. The topological polar surface area (TPSA) is 65.1 Å². The van der Waals surface area contributed by atoms with Crippen molar-refractivity contribution < 1.29 is 23.8 Å². The standard InChI is InChI=1S/C19H25NO5/c1-18(2,3)25-17(22)20-9-5-8-19(12-20)11-15(21)14-10-13(23-4)6-7-16(14)24-19/h6-7,10H,5,8-9,11-12H2,1-4H3/t19-/m0/s1. The zero-order valence-corrected chi connectivity index (χ0v) is 15.3. The van der Waals surface area contributed by atoms with E-state index in [0.717, 1.165) is 12.8 Å². The van der Waals surface area contributed by atoms with E-state index in [4.69, 9.17) is 14.2 Å². The van der Waals surface area contributed by atoms with Crippen molar-refractivity contribution in [2.75, 3.05) is 20.2 Å². The number of rotatable bonds is 1. The number of piperidine rings is 1. The van der Waals surface area contributed by atoms with E-state index in [9.17, 15) is 9.59 Å². The van der Waals surface area contributed by atoms with E-state index in [1.807, 2.05) is 20.8 Å². The highest BCUT2D eigenvalue weighted by atomic mass is 16.6. The zero-order valence-electron chi connectivity index (χ0n) is 15.3. The Morgan fingerprint density at radius 3 is 2.76 bits per heavy atom. The van der Waals surface area contributed by atoms with E-state index in [-0.39, 0.29) is 18.3 Å². The van der Waals surface area contributed by atoms with Crippen LogP contribution in [0.4, 0.5) is 4.79 Å². The van der Waals surface area contributed by atoms with Gasteiger partial charge in [0.15, 0.2) is 5.78 Å². The number of methoxy groups -OCH3 is 1. The second-order valence-corrected chi connectivity index (χ2v) is 7.75. The molecule has 1 aromatic carbocycles. The van der Waals surface area contributed by atoms with Crippen molar-refractivity contribution in [3.63, 3.8) is 0 Å². The third-order valence-corrected chi connectivity index (χ3v) is 4.49. The first-order valence-electron chi connectivity index (χ1n) is 8.60. The molecule has 1 atom stereocenters. The molecule has 1 saturated heterocycles. The number of carbonyl (C=O) groups excluding carboxylic acids is 2. The second kappa shape index (κ2) is 6.24. The third-order valence-electron chi connectivity index (χ3n) is 4.49. The summed E-state index contributed by atoms with van der Waals surface area (Å²) in [7, 11) is 1.57. The van der Waals surface area contributed by atoms with Crippen LogP contribution in [0, 0.1) is 0 Å². The van der Waals surface area contributed by atoms with Crippen molar-refractivity contribution in [2.45, 2.75) is 51.2 Å². The number of hydrogen-bond acceptors (Lipinski definition) is 5. The van der Waals surface area contributed by atoms with Crippen molar-refractivity contribution in [1.29, 1.82) is 0 Å². The minimum absolute atomic E-state index is 0.0196. The lowest BCUT2D eigenvalue weighted by Gasteiger charge is -2.44. The maximum absolute atomic E-state index is 12.7. The number of nitrogens with zero attached hydrogens (tertiary/aromatic N) is 1. The van der Waals surface area contributed by atoms with Gasteiger partial charge in [-0.05, 0) is 51.8 Å². The van der Waals surface area contributed by atoms with Crippen LogP contribution in [0.2, 0.25) is 0 Å². The molecule has 0 radical (unpaired) electrons. The summed E-state index contributed by atoms with van der Waals surface area (Å²) in [6.07, 6.45) is 1.41. The number of ether oxygens (including phenoxy) is 3. The summed E-state index contributed by atoms with van der Waals surface area (Å²) in [4.78, 5) is 26.7. The Labute approximate surface area is 148 Å². The fourth-order valence-corrected chi connectivity index (χ4v) is 3.41. The second-order valence-electron chi connectivity index (χ2n) is 7.75. The van der Waals surface area contributed by atoms with Gasteiger partial charge < -0.3 is 19.1 Å². The number of amides is 1. The van der Waals surface area contributed by atoms with Gasteiger partial charge in [-0.15, -0.1) is 0 Å². The maximum Gasteiger partial charge on any atom is 0.410 e. The van der Waals surface area contributed by atoms with E-state index in [2.05, 4.69) is 0 Å². The molecule has 2 aliphatic heterocycles. The van der Waals surface area contributed by atoms with Crippen LogP contribution in [-0.4, -0.2) is 48.2 Å². The number of likely N-dealkylation sites (tertiary alicyclic amines) is 1. The summed E-state index contributed by atoms with van der Waals surface area (Å²) >= 11 is 0. The average Bonchev–Trinajstić information content (AvgIpc) is 2.53. The molecule has 1 amide bonds. The van der Waals surface area contributed by atoms with Crippen LogP contribution in [0.25, 0.3) is 0 Å². The van der Waals surface area contributed by atoms with Crippen LogP contribution < -0.4 is 9.47 Å². The number of ketones is 1. The first-order chi connectivity index (χ1) is 11.7. The van der Waals surface area contributed by atoms with Crippen molar-refractivity contribution in [3.05, 3.63) is 23.8 Å². The fraction of sp³-hybridized carbons (Fsp3) is 0.579. The predicted octanol–water partition coefficient (Wildman–Crippen LogP) is 3.43. The molecule has 25 heavy (non-hydrogen) atoms. The van der Waals surface area contributed by atoms with Crippen LogP contribution in [0.3, 0.4) is 0 Å². The van der Waals surface area contributed by atoms with Crippen LogP contribution in [-0.2, 0) is 4.74 Å². The van der Waals surface area contributed by atoms with E-state index >= 15 is 0 Å². The summed E-state index contributed by atoms with van der Waals surface area (Å²) in [5.74, 6) is 1.21. The summed E-state index contributed by atoms with van der Waals surface area (Å²) < 4.78 is 16.9. The molecule has 1 spiro atoms. The van der Waals surface area contributed by atoms with Crippen molar-refractivity contribution in [2.24, 2.45) is 0 Å². The highest BCUT2D eigenvalue weighted by Gasteiger charge is 2.45. The summed E-state index contributed by atoms with van der Waals surface area (Å²) in [5, 5.41) is 0. The molecule has 2 heterocycles. The molecule has 0 aromatic heterocycles. The van der Waals surface area contributed by atoms with Crippen LogP contribution in [0.15, 0.2) is 18.2 Å². The molecule has 1 fully saturated rings. The summed E-state index contributed by atoms with van der Waals surface area (Å²) in [6, 6.07) is 5.25. The lowest BCUT2D eigenvalue weighted by atomic mass is 9.83. The number of hydrogen-bond donors (Lipinski definition) is 0. The number of fused-ring (bicyclic) bond motifs is 1. The Hall–Kier alpha value is -2.24. The third kappa shape index (κ3) is 3.72. The van der Waals surface area contributed by atoms with Gasteiger partial charge in [-0.3, -0.25) is 4.79 Å². The van der Waals surface area contributed by atoms with Crippen molar-refractivity contribution >= 4 is 11.9 Å². The Kier molecular flexibility index (Phi) is 4.39. The zero-order chi connectivity index (χ0) is 18.2. The quantitative estimate of drug-likeness (QED) is 0.779. The van der Waals surface area contributed by atoms with Gasteiger partial charge in [-0.1, -0.05) is 0 Å². The van der Waals surface area contributed by atoms with Crippen molar-refractivity contribution in [1.82, 2.24) is 4.90 Å². The van der Waals surface area contributed by atoms with Gasteiger partial charge >= 0.3 is 6.09 Å². The first kappa shape index (κ1) is 17.6. The first-order valence-corrected chi connectivity index (χ1v) is 8.60. The lowest BCUT2D eigenvalue weighted by molar-refractivity contribution is -0.0334. The highest BCUT2D eigenvalue weighted by Crippen LogP contribution is 2.39. The lowest BCUT2D eigenvalue weighted by Crippen LogP contribution is -2.56. The molecule has 3 rings (SSSR count). The van der Waals surface area contributed by atoms with E-state index in [0.29, 0.717) is 30.2 Å². The summed E-state index contributed by atoms with van der Waals surface area (Å²) in [6.45, 7) is 6.50. The highest BCUT2D eigenvalue weighted by molar-refractivity contribution is 6.00. The molecule has 2 aliphatic rings. The van der Waals surface area contributed by atoms with Gasteiger partial charge in [0.2, 0.25) is 0 Å². The van der Waals surface area contributed by atoms with Gasteiger partial charge in [-0.25, -0.2) is 4.79 Å². The molecule has 6 heteroatoms. The fourth-order valence-electron chi connectivity index (χ4n) is 3.41. The largest absolute Gasteiger partial charge is 0.497 e. The minimum atomic E-state index is -0.673. The Morgan fingerprint density at radius 2 is 2.08 bits per heavy atom. The minimum Gasteiger partial charge on any atom is -0.497 e. The molecule has 6 nitrogen and oxygen atoms in total. The van der Waals surface area contributed by atoms with E-state index in [1.165, 1.54) is 0 Å². The molecule has 0 bridgehead atoms. The molecular formula is C19H25NO5. The molecule has 1 aromatic rings.